The van der Waals surface area contributed by atoms with Crippen molar-refractivity contribution in [3.63, 3.8) is 0 Å². The number of rotatable bonds is 8. The number of aryl methyl sites for hydroxylation is 1. The predicted octanol–water partition coefficient (Wildman–Crippen LogP) is 3.83. The van der Waals surface area contributed by atoms with Gasteiger partial charge in [-0.25, -0.2) is 17.8 Å². The van der Waals surface area contributed by atoms with Gasteiger partial charge in [-0.05, 0) is 66.2 Å². The Morgan fingerprint density at radius 2 is 1.78 bits per heavy atom. The zero-order valence-corrected chi connectivity index (χ0v) is 22.4. The van der Waals surface area contributed by atoms with Crippen LogP contribution in [0.2, 0.25) is 0 Å². The molecule has 4 heterocycles. The Morgan fingerprint density at radius 1 is 0.976 bits per heavy atom. The molecule has 11 nitrogen and oxygen atoms in total. The lowest BCUT2D eigenvalue weighted by atomic mass is 10.1. The summed E-state index contributed by atoms with van der Waals surface area (Å²) in [6.45, 7) is 0.229. The van der Waals surface area contributed by atoms with Crippen molar-refractivity contribution in [3.8, 4) is 22.9 Å². The molecule has 0 radical (unpaired) electrons. The number of hydrogen-bond acceptors (Lipinski definition) is 8. The van der Waals surface area contributed by atoms with Crippen molar-refractivity contribution in [2.45, 2.75) is 17.2 Å². The second kappa shape index (κ2) is 10.4. The highest BCUT2D eigenvalue weighted by Crippen LogP contribution is 2.32. The Balaban J connectivity index is 1.34. The van der Waals surface area contributed by atoms with Crippen molar-refractivity contribution in [3.05, 3.63) is 108 Å². The fourth-order valence-electron chi connectivity index (χ4n) is 4.31. The zero-order chi connectivity index (χ0) is 28.6. The second-order valence-electron chi connectivity index (χ2n) is 9.28. The molecule has 0 saturated heterocycles. The van der Waals surface area contributed by atoms with Gasteiger partial charge in [-0.1, -0.05) is 0 Å². The Hall–Kier alpha value is -5.17. The van der Waals surface area contributed by atoms with E-state index in [1.165, 1.54) is 47.1 Å². The minimum absolute atomic E-state index is 0.0632. The smallest absolute Gasteiger partial charge is 0.251 e. The maximum Gasteiger partial charge on any atom is 0.251 e. The van der Waals surface area contributed by atoms with Crippen LogP contribution in [0, 0.1) is 5.82 Å². The number of benzene rings is 2. The monoisotopic (exact) mass is 571 g/mol. The van der Waals surface area contributed by atoms with Crippen LogP contribution in [0.25, 0.3) is 28.6 Å². The van der Waals surface area contributed by atoms with Crippen molar-refractivity contribution < 1.29 is 22.0 Å². The molecule has 0 atom stereocenters. The van der Waals surface area contributed by atoms with E-state index < -0.39 is 21.6 Å². The van der Waals surface area contributed by atoms with Gasteiger partial charge in [0.1, 0.15) is 11.5 Å². The minimum Gasteiger partial charge on any atom is -0.416 e. The molecular weight excluding hydrogens is 549 g/mol. The summed E-state index contributed by atoms with van der Waals surface area (Å²) < 4.78 is 49.6. The van der Waals surface area contributed by atoms with E-state index >= 15 is 0 Å². The Kier molecular flexibility index (Phi) is 6.63. The van der Waals surface area contributed by atoms with Crippen LogP contribution >= 0.6 is 0 Å². The van der Waals surface area contributed by atoms with E-state index in [0.717, 1.165) is 11.2 Å². The lowest BCUT2D eigenvalue weighted by molar-refractivity contribution is 0.0951. The number of amides is 1. The number of sulfone groups is 1. The van der Waals surface area contributed by atoms with Gasteiger partial charge in [-0.2, -0.15) is 5.10 Å². The van der Waals surface area contributed by atoms with Crippen LogP contribution in [0.5, 0.6) is 0 Å². The van der Waals surface area contributed by atoms with Gasteiger partial charge in [-0.15, -0.1) is 10.2 Å². The summed E-state index contributed by atoms with van der Waals surface area (Å²) >= 11 is 0. The first-order chi connectivity index (χ1) is 19.7. The van der Waals surface area contributed by atoms with E-state index in [0.29, 0.717) is 11.3 Å². The molecule has 0 fully saturated rings. The van der Waals surface area contributed by atoms with E-state index in [1.807, 2.05) is 28.9 Å². The van der Waals surface area contributed by atoms with E-state index in [-0.39, 0.29) is 40.1 Å². The van der Waals surface area contributed by atoms with E-state index in [1.54, 1.807) is 25.5 Å². The van der Waals surface area contributed by atoms with Gasteiger partial charge >= 0.3 is 0 Å². The Bertz CT molecular complexity index is 2000. The van der Waals surface area contributed by atoms with Gasteiger partial charge in [-0.3, -0.25) is 9.48 Å². The normalized spacial score (nSPS) is 11.7. The van der Waals surface area contributed by atoms with Crippen LogP contribution in [0.3, 0.4) is 0 Å². The molecule has 0 spiro atoms. The molecule has 0 unspecified atom stereocenters. The van der Waals surface area contributed by atoms with Gasteiger partial charge in [0.15, 0.2) is 9.84 Å². The summed E-state index contributed by atoms with van der Waals surface area (Å²) in [5, 5.41) is 15.1. The molecule has 1 N–H and O–H groups in total. The fourth-order valence-corrected chi connectivity index (χ4v) is 5.77. The summed E-state index contributed by atoms with van der Waals surface area (Å²) in [7, 11) is -2.25. The first-order valence-electron chi connectivity index (χ1n) is 12.4. The summed E-state index contributed by atoms with van der Waals surface area (Å²) in [5.74, 6) is -1.27. The molecule has 13 heteroatoms. The number of hydrogen-bond donors (Lipinski definition) is 1. The average Bonchev–Trinajstić information content (AvgIpc) is 3.73. The molecule has 0 saturated carbocycles. The summed E-state index contributed by atoms with van der Waals surface area (Å²) in [6, 6.07) is 14.9. The number of imidazole rings is 1. The Morgan fingerprint density at radius 3 is 2.56 bits per heavy atom. The predicted molar refractivity (Wildman–Crippen MR) is 146 cm³/mol. The number of carbonyl (C=O) groups excluding carboxylic acids is 1. The van der Waals surface area contributed by atoms with Crippen molar-refractivity contribution >= 4 is 21.4 Å². The first-order valence-corrected chi connectivity index (χ1v) is 14.1. The van der Waals surface area contributed by atoms with Crippen LogP contribution in [-0.4, -0.2) is 43.7 Å². The highest BCUT2D eigenvalue weighted by Gasteiger charge is 2.26. The van der Waals surface area contributed by atoms with Crippen LogP contribution in [-0.2, 0) is 29.2 Å². The standard InChI is InChI=1S/C28H22FN7O4S/c1-35-11-9-22(34-35)17-41(38,39)24-7-4-20(26(37)31-16-18-8-12-36-13-10-30-25(36)14-18)15-23(24)28-33-32-27(40-28)19-2-5-21(29)6-3-19/h2-15H,16-17H2,1H3,(H,31,37). The van der Waals surface area contributed by atoms with Crippen molar-refractivity contribution in [2.75, 3.05) is 0 Å². The highest BCUT2D eigenvalue weighted by atomic mass is 32.2. The molecule has 6 rings (SSSR count). The maximum absolute atomic E-state index is 13.5. The highest BCUT2D eigenvalue weighted by molar-refractivity contribution is 7.90. The molecule has 0 aliphatic carbocycles. The van der Waals surface area contributed by atoms with Crippen molar-refractivity contribution in [2.24, 2.45) is 7.05 Å². The van der Waals surface area contributed by atoms with Crippen molar-refractivity contribution in [1.82, 2.24) is 34.7 Å². The van der Waals surface area contributed by atoms with Crippen LogP contribution in [0.15, 0.2) is 94.8 Å². The maximum atomic E-state index is 13.5. The first kappa shape index (κ1) is 26.1. The molecule has 0 bridgehead atoms. The van der Waals surface area contributed by atoms with Gasteiger partial charge in [0.05, 0.1) is 21.9 Å². The van der Waals surface area contributed by atoms with Crippen molar-refractivity contribution in [1.29, 1.82) is 0 Å². The molecule has 4 aromatic heterocycles. The third-order valence-electron chi connectivity index (χ3n) is 6.35. The summed E-state index contributed by atoms with van der Waals surface area (Å²) in [5.41, 5.74) is 2.65. The molecule has 41 heavy (non-hydrogen) atoms. The lowest BCUT2D eigenvalue weighted by Gasteiger charge is -2.11. The average molecular weight is 572 g/mol. The zero-order valence-electron chi connectivity index (χ0n) is 21.6. The molecule has 0 aliphatic heterocycles. The number of carbonyl (C=O) groups is 1. The molecule has 0 aliphatic rings. The molecule has 2 aromatic carbocycles. The van der Waals surface area contributed by atoms with E-state index in [9.17, 15) is 17.6 Å². The third kappa shape index (κ3) is 5.47. The number of aromatic nitrogens is 6. The molecule has 6 aromatic rings. The second-order valence-corrected chi connectivity index (χ2v) is 11.2. The fraction of sp³-hybridized carbons (Fsp3) is 0.107. The van der Waals surface area contributed by atoms with Crippen LogP contribution in [0.4, 0.5) is 4.39 Å². The number of nitrogens with zero attached hydrogens (tertiary/aromatic N) is 6. The SMILES string of the molecule is Cn1ccc(CS(=O)(=O)c2ccc(C(=O)NCc3ccn4ccnc4c3)cc2-c2nnc(-c3ccc(F)cc3)o2)n1. The summed E-state index contributed by atoms with van der Waals surface area (Å²) in [6.07, 6.45) is 7.00. The van der Waals surface area contributed by atoms with Gasteiger partial charge < -0.3 is 14.1 Å². The number of pyridine rings is 1. The molecule has 206 valence electrons. The largest absolute Gasteiger partial charge is 0.416 e. The quantitative estimate of drug-likeness (QED) is 0.291. The van der Waals surface area contributed by atoms with E-state index in [2.05, 4.69) is 25.6 Å². The number of halogens is 1. The molecule has 1 amide bonds. The Labute approximate surface area is 233 Å². The van der Waals surface area contributed by atoms with Crippen LogP contribution in [0.1, 0.15) is 21.6 Å². The molecular formula is C28H22FN7O4S. The summed E-state index contributed by atoms with van der Waals surface area (Å²) in [4.78, 5) is 17.3. The topological polar surface area (TPSA) is 137 Å². The number of nitrogens with one attached hydrogen (secondary N) is 1. The van der Waals surface area contributed by atoms with Crippen LogP contribution < -0.4 is 5.32 Å². The van der Waals surface area contributed by atoms with Gasteiger partial charge in [0.2, 0.25) is 11.8 Å². The third-order valence-corrected chi connectivity index (χ3v) is 8.05. The van der Waals surface area contributed by atoms with Gasteiger partial charge in [0, 0.05) is 49.5 Å². The number of fused-ring (bicyclic) bond motifs is 1. The van der Waals surface area contributed by atoms with E-state index in [4.69, 9.17) is 4.42 Å². The lowest BCUT2D eigenvalue weighted by Crippen LogP contribution is -2.23. The minimum atomic E-state index is -3.95. The van der Waals surface area contributed by atoms with Gasteiger partial charge in [0.25, 0.3) is 5.91 Å².